The molecule has 8 aromatic carbocycles. The molecule has 0 radical (unpaired) electrons. The Bertz CT molecular complexity index is 3430. The molecule has 3 nitrogen and oxygen atoms in total. The minimum atomic E-state index is -0.387. The van der Waals surface area contributed by atoms with Crippen molar-refractivity contribution < 1.29 is 0 Å². The Balaban J connectivity index is 0.00000259. The summed E-state index contributed by atoms with van der Waals surface area (Å²) in [6, 6.07) is 63.9. The van der Waals surface area contributed by atoms with Gasteiger partial charge in [-0.3, -0.25) is 0 Å². The Morgan fingerprint density at radius 1 is 0.478 bits per heavy atom. The van der Waals surface area contributed by atoms with E-state index in [0.717, 1.165) is 57.0 Å². The zero-order valence-corrected chi connectivity index (χ0v) is 39.3. The van der Waals surface area contributed by atoms with E-state index >= 15 is 0 Å². The topological polar surface area (TPSA) is 38.7 Å². The number of benzene rings is 8. The van der Waals surface area contributed by atoms with Gasteiger partial charge in [-0.2, -0.15) is 0 Å². The van der Waals surface area contributed by atoms with Crippen molar-refractivity contribution in [2.24, 2.45) is 0 Å². The molecule has 0 N–H and O–H groups in total. The maximum absolute atomic E-state index is 5.27. The van der Waals surface area contributed by atoms with Crippen molar-refractivity contribution in [2.45, 2.75) is 59.8 Å². The van der Waals surface area contributed by atoms with Crippen molar-refractivity contribution in [1.82, 2.24) is 15.0 Å². The minimum Gasteiger partial charge on any atom is -0.208 e. The summed E-state index contributed by atoms with van der Waals surface area (Å²) >= 11 is 0. The standard InChI is InChI=1S/C62H49N3.C2H6/c1-5-8-28-47-40(4)21-15-33-51(47)60-63-59(64-61(65-60)52-34-18-23-41-22-9-10-29-48(41)52)45-27-17-25-43(39-45)42-24-16-26-44(38-42)49-32-19-37-57-58(49)53-31-12-14-36-56(53)62(57)54(20-6-2)46(7-3)50-30-11-13-35-55(50)62;1-2/h7-39H,5-6H2,1-4H3;1-2H3/b28-8-,46-7-,54-20+;. The van der Waals surface area contributed by atoms with Crippen molar-refractivity contribution >= 4 is 22.4 Å². The highest BCUT2D eigenvalue weighted by molar-refractivity contribution is 6.03. The van der Waals surface area contributed by atoms with Crippen LogP contribution in [0.3, 0.4) is 0 Å². The summed E-state index contributed by atoms with van der Waals surface area (Å²) in [6.07, 6.45) is 11.1. The van der Waals surface area contributed by atoms with E-state index in [4.69, 9.17) is 15.0 Å². The molecule has 67 heavy (non-hydrogen) atoms. The summed E-state index contributed by atoms with van der Waals surface area (Å²) in [7, 11) is 0. The number of nitrogens with zero attached hydrogens (tertiary/aromatic N) is 3. The fourth-order valence-corrected chi connectivity index (χ4v) is 10.7. The van der Waals surface area contributed by atoms with Crippen LogP contribution in [0.5, 0.6) is 0 Å². The number of allylic oxidation sites excluding steroid dienone is 5. The predicted molar refractivity (Wildman–Crippen MR) is 284 cm³/mol. The third kappa shape index (κ3) is 7.18. The van der Waals surface area contributed by atoms with Gasteiger partial charge in [0.1, 0.15) is 0 Å². The molecule has 0 bridgehead atoms. The molecule has 1 atom stereocenters. The summed E-state index contributed by atoms with van der Waals surface area (Å²) in [5.74, 6) is 1.95. The van der Waals surface area contributed by atoms with Crippen LogP contribution in [0.15, 0.2) is 200 Å². The zero-order valence-electron chi connectivity index (χ0n) is 39.3. The summed E-state index contributed by atoms with van der Waals surface area (Å²) < 4.78 is 0. The Kier molecular flexibility index (Phi) is 11.8. The van der Waals surface area contributed by atoms with Gasteiger partial charge in [0.05, 0.1) is 5.41 Å². The summed E-state index contributed by atoms with van der Waals surface area (Å²) in [5, 5.41) is 2.26. The average Bonchev–Trinajstić information content (AvgIpc) is 3.85. The lowest BCUT2D eigenvalue weighted by atomic mass is 9.70. The van der Waals surface area contributed by atoms with Gasteiger partial charge in [0, 0.05) is 16.7 Å². The Morgan fingerprint density at radius 3 is 1.78 bits per heavy atom. The number of aryl methyl sites for hydroxylation is 1. The molecule has 1 heterocycles. The second kappa shape index (κ2) is 18.3. The monoisotopic (exact) mass is 865 g/mol. The molecule has 9 aromatic rings. The number of rotatable bonds is 8. The van der Waals surface area contributed by atoms with Gasteiger partial charge in [-0.15, -0.1) is 0 Å². The average molecular weight is 866 g/mol. The van der Waals surface area contributed by atoms with Gasteiger partial charge < -0.3 is 0 Å². The van der Waals surface area contributed by atoms with E-state index in [9.17, 15) is 0 Å². The highest BCUT2D eigenvalue weighted by atomic mass is 15.0. The lowest BCUT2D eigenvalue weighted by Crippen LogP contribution is -2.26. The summed E-state index contributed by atoms with van der Waals surface area (Å²) in [5.41, 5.74) is 20.2. The van der Waals surface area contributed by atoms with Crippen LogP contribution in [0.25, 0.3) is 90.0 Å². The molecule has 326 valence electrons. The van der Waals surface area contributed by atoms with Crippen LogP contribution in [0.4, 0.5) is 0 Å². The molecule has 0 saturated heterocycles. The van der Waals surface area contributed by atoms with Crippen molar-refractivity contribution in [3.05, 3.63) is 233 Å². The van der Waals surface area contributed by atoms with Crippen molar-refractivity contribution in [3.63, 3.8) is 0 Å². The first-order chi connectivity index (χ1) is 33.0. The van der Waals surface area contributed by atoms with Crippen LogP contribution in [0.1, 0.15) is 80.8 Å². The number of aromatic nitrogens is 3. The van der Waals surface area contributed by atoms with E-state index in [0.29, 0.717) is 17.5 Å². The molecule has 0 aliphatic heterocycles. The lowest BCUT2D eigenvalue weighted by Gasteiger charge is -2.31. The van der Waals surface area contributed by atoms with Gasteiger partial charge in [-0.25, -0.2) is 15.0 Å². The van der Waals surface area contributed by atoms with E-state index in [1.807, 2.05) is 13.8 Å². The molecular weight excluding hydrogens is 811 g/mol. The number of hydrogen-bond donors (Lipinski definition) is 0. The van der Waals surface area contributed by atoms with Crippen molar-refractivity contribution in [2.75, 3.05) is 0 Å². The molecular formula is C64H55N3. The van der Waals surface area contributed by atoms with Crippen LogP contribution in [-0.4, -0.2) is 15.0 Å². The number of fused-ring (bicyclic) bond motifs is 8. The SMILES string of the molecule is C/C=C1\C(=C/CC)C2(c3ccccc31)c1ccccc1-c1c(-c3cccc(-c4cccc(-c5nc(-c6cccc(C)c6/C=C\CC)nc(-c6cccc7ccccc67)n5)c4)c3)cccc12.CC. The molecule has 0 fully saturated rings. The first kappa shape index (κ1) is 43.2. The van der Waals surface area contributed by atoms with Crippen LogP contribution >= 0.6 is 0 Å². The normalized spacial score (nSPS) is 15.8. The zero-order chi connectivity index (χ0) is 46.1. The summed E-state index contributed by atoms with van der Waals surface area (Å²) in [6.45, 7) is 12.8. The lowest BCUT2D eigenvalue weighted by molar-refractivity contribution is 0.789. The van der Waals surface area contributed by atoms with E-state index in [-0.39, 0.29) is 5.41 Å². The first-order valence-corrected chi connectivity index (χ1v) is 24.0. The van der Waals surface area contributed by atoms with E-state index in [1.54, 1.807) is 0 Å². The summed E-state index contributed by atoms with van der Waals surface area (Å²) in [4.78, 5) is 15.8. The van der Waals surface area contributed by atoms with Gasteiger partial charge >= 0.3 is 0 Å². The highest BCUT2D eigenvalue weighted by Crippen LogP contribution is 2.65. The van der Waals surface area contributed by atoms with Crippen molar-refractivity contribution in [3.8, 4) is 67.5 Å². The van der Waals surface area contributed by atoms with Crippen LogP contribution in [-0.2, 0) is 5.41 Å². The molecule has 0 amide bonds. The predicted octanol–water partition coefficient (Wildman–Crippen LogP) is 17.2. The second-order valence-electron chi connectivity index (χ2n) is 17.1. The second-order valence-corrected chi connectivity index (χ2v) is 17.1. The maximum atomic E-state index is 5.27. The van der Waals surface area contributed by atoms with Crippen molar-refractivity contribution in [1.29, 1.82) is 0 Å². The fraction of sp³-hybridized carbons (Fsp3) is 0.141. The van der Waals surface area contributed by atoms with Gasteiger partial charge in [0.25, 0.3) is 0 Å². The molecule has 11 rings (SSSR count). The molecule has 1 aromatic heterocycles. The van der Waals surface area contributed by atoms with Crippen LogP contribution < -0.4 is 0 Å². The number of hydrogen-bond acceptors (Lipinski definition) is 3. The fourth-order valence-electron chi connectivity index (χ4n) is 10.7. The molecule has 3 heteroatoms. The van der Waals surface area contributed by atoms with Gasteiger partial charge in [0.2, 0.25) is 0 Å². The smallest absolute Gasteiger partial charge is 0.164 e. The van der Waals surface area contributed by atoms with E-state index < -0.39 is 0 Å². The Labute approximate surface area is 396 Å². The first-order valence-electron chi connectivity index (χ1n) is 24.0. The third-order valence-corrected chi connectivity index (χ3v) is 13.5. The highest BCUT2D eigenvalue weighted by Gasteiger charge is 2.53. The maximum Gasteiger partial charge on any atom is 0.164 e. The third-order valence-electron chi connectivity index (χ3n) is 13.5. The Morgan fingerprint density at radius 2 is 1.01 bits per heavy atom. The van der Waals surface area contributed by atoms with Gasteiger partial charge in [-0.1, -0.05) is 216 Å². The van der Waals surface area contributed by atoms with Crippen LogP contribution in [0.2, 0.25) is 0 Å². The minimum absolute atomic E-state index is 0.387. The quantitative estimate of drug-likeness (QED) is 0.153. The Hall–Kier alpha value is -7.75. The molecule has 0 saturated carbocycles. The van der Waals surface area contributed by atoms with Gasteiger partial charge in [0.15, 0.2) is 17.5 Å². The molecule has 2 aliphatic carbocycles. The van der Waals surface area contributed by atoms with E-state index in [2.05, 4.69) is 228 Å². The van der Waals surface area contributed by atoms with Crippen LogP contribution in [0, 0.1) is 6.92 Å². The van der Waals surface area contributed by atoms with Gasteiger partial charge in [-0.05, 0) is 128 Å². The molecule has 1 unspecified atom stereocenters. The molecule has 2 aliphatic rings. The largest absolute Gasteiger partial charge is 0.208 e. The van der Waals surface area contributed by atoms with E-state index in [1.165, 1.54) is 61.2 Å². The molecule has 1 spiro atoms.